The molecule has 1 fully saturated rings. The minimum Gasteiger partial charge on any atom is -0.337 e. The average molecular weight is 205 g/mol. The van der Waals surface area contributed by atoms with Crippen molar-refractivity contribution in [3.63, 3.8) is 0 Å². The molecule has 1 aliphatic rings. The van der Waals surface area contributed by atoms with Gasteiger partial charge in [-0.15, -0.1) is 0 Å². The van der Waals surface area contributed by atoms with Crippen molar-refractivity contribution >= 4 is 5.91 Å². The van der Waals surface area contributed by atoms with Crippen LogP contribution in [0.1, 0.15) is 20.8 Å². The summed E-state index contributed by atoms with van der Waals surface area (Å²) in [6.45, 7) is 10.8. The molecule has 0 N–H and O–H groups in total. The Morgan fingerprint density at radius 2 is 2.13 bits per heavy atom. The van der Waals surface area contributed by atoms with Gasteiger partial charge in [0.05, 0.1) is 0 Å². The second-order valence-corrected chi connectivity index (χ2v) is 4.27. The Balaban J connectivity index is 3.02. The van der Waals surface area contributed by atoms with Crippen molar-refractivity contribution < 1.29 is 4.79 Å². The molecule has 1 amide bonds. The average Bonchev–Trinajstić information content (AvgIpc) is 2.39. The Bertz CT molecular complexity index is 348. The Morgan fingerprint density at radius 1 is 1.53 bits per heavy atom. The molecule has 2 nitrogen and oxygen atoms in total. The SMILES string of the molecule is C=C1CN(C)C(=O)/C1=C/C(=C\C)C(C)C. The van der Waals surface area contributed by atoms with Gasteiger partial charge in [-0.1, -0.05) is 26.5 Å². The number of allylic oxidation sites excluding steroid dienone is 3. The minimum atomic E-state index is 0.0833. The number of hydrogen-bond acceptors (Lipinski definition) is 1. The van der Waals surface area contributed by atoms with Gasteiger partial charge in [-0.25, -0.2) is 0 Å². The first-order valence-corrected chi connectivity index (χ1v) is 5.29. The normalized spacial score (nSPS) is 21.0. The highest BCUT2D eigenvalue weighted by atomic mass is 16.2. The first-order valence-electron chi connectivity index (χ1n) is 5.29. The largest absolute Gasteiger partial charge is 0.337 e. The van der Waals surface area contributed by atoms with Crippen LogP contribution in [-0.2, 0) is 4.79 Å². The maximum Gasteiger partial charge on any atom is 0.254 e. The summed E-state index contributed by atoms with van der Waals surface area (Å²) < 4.78 is 0. The van der Waals surface area contributed by atoms with Crippen LogP contribution in [0, 0.1) is 5.92 Å². The monoisotopic (exact) mass is 205 g/mol. The van der Waals surface area contributed by atoms with Crippen molar-refractivity contribution in [3.05, 3.63) is 35.5 Å². The van der Waals surface area contributed by atoms with Gasteiger partial charge >= 0.3 is 0 Å². The van der Waals surface area contributed by atoms with Gasteiger partial charge in [0.25, 0.3) is 5.91 Å². The van der Waals surface area contributed by atoms with Crippen molar-refractivity contribution in [2.75, 3.05) is 13.6 Å². The van der Waals surface area contributed by atoms with Crippen LogP contribution in [0.5, 0.6) is 0 Å². The van der Waals surface area contributed by atoms with E-state index < -0.39 is 0 Å². The summed E-state index contributed by atoms with van der Waals surface area (Å²) in [6, 6.07) is 0. The zero-order valence-electron chi connectivity index (χ0n) is 10.0. The standard InChI is InChI=1S/C13H19NO/c1-6-11(9(2)3)7-12-10(4)8-14(5)13(12)15/h6-7,9H,4,8H2,1-3,5H3/b11-6+,12-7+. The van der Waals surface area contributed by atoms with E-state index in [2.05, 4.69) is 26.5 Å². The summed E-state index contributed by atoms with van der Waals surface area (Å²) in [5.74, 6) is 0.522. The maximum absolute atomic E-state index is 11.8. The van der Waals surface area contributed by atoms with Crippen molar-refractivity contribution in [1.29, 1.82) is 0 Å². The molecule has 1 saturated heterocycles. The molecule has 0 aromatic carbocycles. The van der Waals surface area contributed by atoms with E-state index >= 15 is 0 Å². The van der Waals surface area contributed by atoms with E-state index in [1.807, 2.05) is 13.0 Å². The molecular formula is C13H19NO. The number of carbonyl (C=O) groups is 1. The van der Waals surface area contributed by atoms with Gasteiger partial charge in [0, 0.05) is 19.2 Å². The van der Waals surface area contributed by atoms with E-state index in [-0.39, 0.29) is 5.91 Å². The second-order valence-electron chi connectivity index (χ2n) is 4.27. The van der Waals surface area contributed by atoms with Crippen LogP contribution >= 0.6 is 0 Å². The van der Waals surface area contributed by atoms with Crippen LogP contribution in [-0.4, -0.2) is 24.4 Å². The molecule has 0 bridgehead atoms. The van der Waals surface area contributed by atoms with Crippen molar-refractivity contribution in [2.24, 2.45) is 5.92 Å². The molecule has 0 aromatic rings. The Kier molecular flexibility index (Phi) is 3.51. The summed E-state index contributed by atoms with van der Waals surface area (Å²) in [6.07, 6.45) is 4.02. The van der Waals surface area contributed by atoms with Gasteiger partial charge in [0.15, 0.2) is 0 Å². The molecule has 0 aromatic heterocycles. The fraction of sp³-hybridized carbons (Fsp3) is 0.462. The van der Waals surface area contributed by atoms with Crippen LogP contribution in [0.25, 0.3) is 0 Å². The molecule has 0 atom stereocenters. The number of carbonyl (C=O) groups excluding carboxylic acids is 1. The fourth-order valence-electron chi connectivity index (χ4n) is 1.71. The minimum absolute atomic E-state index is 0.0833. The number of likely N-dealkylation sites (N-methyl/N-ethyl adjacent to an activating group) is 1. The zero-order chi connectivity index (χ0) is 11.6. The lowest BCUT2D eigenvalue weighted by atomic mass is 9.98. The predicted molar refractivity (Wildman–Crippen MR) is 63.5 cm³/mol. The lowest BCUT2D eigenvalue weighted by molar-refractivity contribution is -0.123. The van der Waals surface area contributed by atoms with Crippen molar-refractivity contribution in [1.82, 2.24) is 4.90 Å². The Hall–Kier alpha value is -1.31. The van der Waals surface area contributed by atoms with Crippen LogP contribution in [0.3, 0.4) is 0 Å². The van der Waals surface area contributed by atoms with Crippen molar-refractivity contribution in [2.45, 2.75) is 20.8 Å². The van der Waals surface area contributed by atoms with Gasteiger partial charge in [-0.05, 0) is 30.1 Å². The number of hydrogen-bond donors (Lipinski definition) is 0. The molecule has 82 valence electrons. The molecule has 0 saturated carbocycles. The fourth-order valence-corrected chi connectivity index (χ4v) is 1.71. The molecule has 0 spiro atoms. The van der Waals surface area contributed by atoms with E-state index in [4.69, 9.17) is 0 Å². The topological polar surface area (TPSA) is 20.3 Å². The number of amides is 1. The van der Waals surface area contributed by atoms with Crippen molar-refractivity contribution in [3.8, 4) is 0 Å². The molecule has 0 unspecified atom stereocenters. The van der Waals surface area contributed by atoms with Crippen LogP contribution in [0.15, 0.2) is 35.5 Å². The van der Waals surface area contributed by atoms with Gasteiger partial charge in [0.1, 0.15) is 0 Å². The first kappa shape index (κ1) is 11.8. The van der Waals surface area contributed by atoms with Crippen LogP contribution < -0.4 is 0 Å². The molecule has 15 heavy (non-hydrogen) atoms. The maximum atomic E-state index is 11.8. The van der Waals surface area contributed by atoms with Gasteiger partial charge in [-0.3, -0.25) is 4.79 Å². The van der Waals surface area contributed by atoms with E-state index in [9.17, 15) is 4.79 Å². The molecule has 0 radical (unpaired) electrons. The zero-order valence-corrected chi connectivity index (χ0v) is 10.0. The van der Waals surface area contributed by atoms with Crippen LogP contribution in [0.4, 0.5) is 0 Å². The molecule has 2 heteroatoms. The van der Waals surface area contributed by atoms with Gasteiger partial charge in [0.2, 0.25) is 0 Å². The van der Waals surface area contributed by atoms with E-state index in [1.54, 1.807) is 11.9 Å². The van der Waals surface area contributed by atoms with Crippen LogP contribution in [0.2, 0.25) is 0 Å². The Morgan fingerprint density at radius 3 is 2.47 bits per heavy atom. The Labute approximate surface area is 92.0 Å². The highest BCUT2D eigenvalue weighted by molar-refractivity contribution is 6.01. The highest BCUT2D eigenvalue weighted by Crippen LogP contribution is 2.24. The third-order valence-electron chi connectivity index (χ3n) is 2.70. The molecular weight excluding hydrogens is 186 g/mol. The number of likely N-dealkylation sites (tertiary alicyclic amines) is 1. The highest BCUT2D eigenvalue weighted by Gasteiger charge is 2.26. The molecule has 0 aliphatic carbocycles. The van der Waals surface area contributed by atoms with E-state index in [0.717, 1.165) is 11.1 Å². The number of nitrogens with zero attached hydrogens (tertiary/aromatic N) is 1. The van der Waals surface area contributed by atoms with Gasteiger partial charge in [-0.2, -0.15) is 0 Å². The van der Waals surface area contributed by atoms with E-state index in [0.29, 0.717) is 12.5 Å². The summed E-state index contributed by atoms with van der Waals surface area (Å²) in [5.41, 5.74) is 2.87. The van der Waals surface area contributed by atoms with Gasteiger partial charge < -0.3 is 4.90 Å². The summed E-state index contributed by atoms with van der Waals surface area (Å²) in [5, 5.41) is 0. The lowest BCUT2D eigenvalue weighted by Crippen LogP contribution is -2.19. The quantitative estimate of drug-likeness (QED) is 0.634. The smallest absolute Gasteiger partial charge is 0.254 e. The number of rotatable bonds is 2. The third kappa shape index (κ3) is 2.38. The van der Waals surface area contributed by atoms with E-state index in [1.165, 1.54) is 5.57 Å². The lowest BCUT2D eigenvalue weighted by Gasteiger charge is -2.07. The predicted octanol–water partition coefficient (Wildman–Crippen LogP) is 2.54. The second kappa shape index (κ2) is 4.47. The third-order valence-corrected chi connectivity index (χ3v) is 2.70. The molecule has 1 aliphatic heterocycles. The summed E-state index contributed by atoms with van der Waals surface area (Å²) in [4.78, 5) is 13.5. The summed E-state index contributed by atoms with van der Waals surface area (Å²) >= 11 is 0. The molecule has 1 rings (SSSR count). The summed E-state index contributed by atoms with van der Waals surface area (Å²) in [7, 11) is 1.80. The molecule has 1 heterocycles. The first-order chi connectivity index (χ1) is 6.97.